The molecule has 0 spiro atoms. The Bertz CT molecular complexity index is 687. The number of hydrogen-bond acceptors (Lipinski definition) is 5. The number of anilines is 1. The summed E-state index contributed by atoms with van der Waals surface area (Å²) in [6.45, 7) is 5.07. The molecule has 138 valence electrons. The summed E-state index contributed by atoms with van der Waals surface area (Å²) in [6.07, 6.45) is 5.50. The van der Waals surface area contributed by atoms with E-state index in [0.29, 0.717) is 32.5 Å². The van der Waals surface area contributed by atoms with Crippen molar-refractivity contribution in [3.63, 3.8) is 0 Å². The van der Waals surface area contributed by atoms with E-state index in [1.807, 2.05) is 24.0 Å². The molecule has 0 saturated carbocycles. The van der Waals surface area contributed by atoms with Gasteiger partial charge in [0.1, 0.15) is 6.04 Å². The maximum Gasteiger partial charge on any atom is 0.241 e. The second kappa shape index (κ2) is 7.70. The number of sulfonamides is 1. The van der Waals surface area contributed by atoms with Crippen LogP contribution in [0.15, 0.2) is 24.5 Å². The summed E-state index contributed by atoms with van der Waals surface area (Å²) in [5.41, 5.74) is 1.11. The van der Waals surface area contributed by atoms with Crippen molar-refractivity contribution in [2.45, 2.75) is 32.2 Å². The van der Waals surface area contributed by atoms with Gasteiger partial charge in [0.25, 0.3) is 0 Å². The minimum Gasteiger partial charge on any atom is -0.368 e. The third-order valence-electron chi connectivity index (χ3n) is 4.93. The Hall–Kier alpha value is -1.67. The van der Waals surface area contributed by atoms with Gasteiger partial charge in [-0.2, -0.15) is 4.31 Å². The molecule has 0 bridgehead atoms. The number of nitrogens with zero attached hydrogens (tertiary/aromatic N) is 4. The SMILES string of the molecule is CCCS(=O)(=O)N1CCCC1C(=O)N1CCN(c2ccncc2)CC1. The number of carbonyl (C=O) groups excluding carboxylic acids is 1. The molecule has 0 aromatic carbocycles. The Morgan fingerprint density at radius 2 is 1.84 bits per heavy atom. The zero-order valence-corrected chi connectivity index (χ0v) is 15.5. The van der Waals surface area contributed by atoms with Gasteiger partial charge >= 0.3 is 0 Å². The minimum absolute atomic E-state index is 0.0356. The van der Waals surface area contributed by atoms with Gasteiger partial charge in [0.15, 0.2) is 0 Å². The zero-order valence-electron chi connectivity index (χ0n) is 14.7. The maximum absolute atomic E-state index is 12.9. The molecule has 2 fully saturated rings. The molecule has 1 amide bonds. The van der Waals surface area contributed by atoms with E-state index in [4.69, 9.17) is 0 Å². The van der Waals surface area contributed by atoms with Crippen LogP contribution in [0.5, 0.6) is 0 Å². The van der Waals surface area contributed by atoms with Crippen LogP contribution in [0.3, 0.4) is 0 Å². The van der Waals surface area contributed by atoms with Gasteiger partial charge in [-0.3, -0.25) is 9.78 Å². The quantitative estimate of drug-likeness (QED) is 0.775. The molecule has 8 heteroatoms. The number of carbonyl (C=O) groups is 1. The van der Waals surface area contributed by atoms with Crippen LogP contribution in [-0.4, -0.2) is 73.0 Å². The van der Waals surface area contributed by atoms with Crippen LogP contribution >= 0.6 is 0 Å². The Morgan fingerprint density at radius 1 is 1.16 bits per heavy atom. The smallest absolute Gasteiger partial charge is 0.241 e. The van der Waals surface area contributed by atoms with Crippen LogP contribution in [0.25, 0.3) is 0 Å². The fourth-order valence-corrected chi connectivity index (χ4v) is 5.39. The standard InChI is InChI=1S/C17H26N4O3S/c1-2-14-25(23,24)21-9-3-4-16(21)17(22)20-12-10-19(11-13-20)15-5-7-18-8-6-15/h5-8,16H,2-4,9-14H2,1H3. The number of piperazine rings is 1. The van der Waals surface area contributed by atoms with Crippen LogP contribution in [0.4, 0.5) is 5.69 Å². The molecule has 1 atom stereocenters. The predicted molar refractivity (Wildman–Crippen MR) is 96.8 cm³/mol. The van der Waals surface area contributed by atoms with E-state index in [1.54, 1.807) is 12.4 Å². The fraction of sp³-hybridized carbons (Fsp3) is 0.647. The predicted octanol–water partition coefficient (Wildman–Crippen LogP) is 0.934. The summed E-state index contributed by atoms with van der Waals surface area (Å²) in [5.74, 6) is 0.0821. The van der Waals surface area contributed by atoms with Gasteiger partial charge in [-0.1, -0.05) is 6.92 Å². The van der Waals surface area contributed by atoms with Gasteiger partial charge in [-0.15, -0.1) is 0 Å². The number of pyridine rings is 1. The lowest BCUT2D eigenvalue weighted by molar-refractivity contribution is -0.134. The van der Waals surface area contributed by atoms with Gasteiger partial charge in [0, 0.05) is 50.8 Å². The first-order chi connectivity index (χ1) is 12.0. The number of rotatable bonds is 5. The second-order valence-electron chi connectivity index (χ2n) is 6.60. The summed E-state index contributed by atoms with van der Waals surface area (Å²) in [5, 5.41) is 0. The van der Waals surface area contributed by atoms with Gasteiger partial charge < -0.3 is 9.80 Å². The maximum atomic E-state index is 12.9. The molecule has 7 nitrogen and oxygen atoms in total. The Kier molecular flexibility index (Phi) is 5.58. The van der Waals surface area contributed by atoms with Gasteiger partial charge in [-0.05, 0) is 31.4 Å². The highest BCUT2D eigenvalue weighted by Crippen LogP contribution is 2.24. The van der Waals surface area contributed by atoms with Crippen molar-refractivity contribution in [3.05, 3.63) is 24.5 Å². The molecule has 1 aromatic heterocycles. The van der Waals surface area contributed by atoms with Gasteiger partial charge in [-0.25, -0.2) is 8.42 Å². The van der Waals surface area contributed by atoms with Crippen molar-refractivity contribution in [1.82, 2.24) is 14.2 Å². The minimum atomic E-state index is -3.33. The Morgan fingerprint density at radius 3 is 2.48 bits per heavy atom. The van der Waals surface area contributed by atoms with E-state index >= 15 is 0 Å². The largest absolute Gasteiger partial charge is 0.368 e. The van der Waals surface area contributed by atoms with Gasteiger partial charge in [0.2, 0.25) is 15.9 Å². The van der Waals surface area contributed by atoms with Crippen molar-refractivity contribution in [2.24, 2.45) is 0 Å². The second-order valence-corrected chi connectivity index (χ2v) is 8.64. The lowest BCUT2D eigenvalue weighted by atomic mass is 10.2. The summed E-state index contributed by atoms with van der Waals surface area (Å²) < 4.78 is 26.3. The molecular weight excluding hydrogens is 340 g/mol. The molecule has 0 aliphatic carbocycles. The number of hydrogen-bond donors (Lipinski definition) is 0. The Labute approximate surface area is 149 Å². The monoisotopic (exact) mass is 366 g/mol. The summed E-state index contributed by atoms with van der Waals surface area (Å²) >= 11 is 0. The Balaban J connectivity index is 1.62. The highest BCUT2D eigenvalue weighted by Gasteiger charge is 2.40. The van der Waals surface area contributed by atoms with Gasteiger partial charge in [0.05, 0.1) is 5.75 Å². The normalized spacial score (nSPS) is 22.4. The highest BCUT2D eigenvalue weighted by atomic mass is 32.2. The molecule has 0 N–H and O–H groups in total. The molecule has 3 heterocycles. The van der Waals surface area contributed by atoms with Crippen molar-refractivity contribution < 1.29 is 13.2 Å². The third kappa shape index (κ3) is 3.95. The topological polar surface area (TPSA) is 73.8 Å². The fourth-order valence-electron chi connectivity index (χ4n) is 3.65. The number of aromatic nitrogens is 1. The molecule has 0 radical (unpaired) electrons. The third-order valence-corrected chi connectivity index (χ3v) is 7.00. The van der Waals surface area contributed by atoms with Crippen LogP contribution in [-0.2, 0) is 14.8 Å². The van der Waals surface area contributed by atoms with Crippen LogP contribution in [0, 0.1) is 0 Å². The molecule has 2 aliphatic rings. The lowest BCUT2D eigenvalue weighted by Gasteiger charge is -2.38. The zero-order chi connectivity index (χ0) is 17.9. The molecule has 2 saturated heterocycles. The van der Waals surface area contributed by atoms with Crippen molar-refractivity contribution in [2.75, 3.05) is 43.4 Å². The average molecular weight is 366 g/mol. The van der Waals surface area contributed by atoms with Crippen molar-refractivity contribution in [1.29, 1.82) is 0 Å². The highest BCUT2D eigenvalue weighted by molar-refractivity contribution is 7.89. The molecule has 3 rings (SSSR count). The van der Waals surface area contributed by atoms with Crippen LogP contribution in [0.1, 0.15) is 26.2 Å². The number of amides is 1. The van der Waals surface area contributed by atoms with Crippen LogP contribution < -0.4 is 4.90 Å². The van der Waals surface area contributed by atoms with E-state index in [-0.39, 0.29) is 11.7 Å². The molecular formula is C17H26N4O3S. The summed E-state index contributed by atoms with van der Waals surface area (Å²) in [6, 6.07) is 3.42. The van der Waals surface area contributed by atoms with Crippen molar-refractivity contribution in [3.8, 4) is 0 Å². The van der Waals surface area contributed by atoms with Crippen molar-refractivity contribution >= 4 is 21.6 Å². The first kappa shape index (κ1) is 18.1. The van der Waals surface area contributed by atoms with E-state index in [2.05, 4.69) is 9.88 Å². The first-order valence-corrected chi connectivity index (χ1v) is 10.6. The summed E-state index contributed by atoms with van der Waals surface area (Å²) in [4.78, 5) is 21.0. The molecule has 1 unspecified atom stereocenters. The lowest BCUT2D eigenvalue weighted by Crippen LogP contribution is -2.54. The van der Waals surface area contributed by atoms with E-state index < -0.39 is 16.1 Å². The average Bonchev–Trinajstić information content (AvgIpc) is 3.13. The summed E-state index contributed by atoms with van der Waals surface area (Å²) in [7, 11) is -3.33. The first-order valence-electron chi connectivity index (χ1n) is 8.96. The van der Waals surface area contributed by atoms with Crippen LogP contribution in [0.2, 0.25) is 0 Å². The van der Waals surface area contributed by atoms with E-state index in [0.717, 1.165) is 25.2 Å². The van der Waals surface area contributed by atoms with E-state index in [9.17, 15) is 13.2 Å². The molecule has 25 heavy (non-hydrogen) atoms. The molecule has 2 aliphatic heterocycles. The molecule has 1 aromatic rings. The van der Waals surface area contributed by atoms with E-state index in [1.165, 1.54) is 4.31 Å².